The SMILES string of the molecule is Cc1cc(C(C)(C)C)cc(C)c1SNc1cc(C(F)(F)F)cc(C(F)(F)F)c1C. The van der Waals surface area contributed by atoms with Crippen LogP contribution in [-0.4, -0.2) is 0 Å². The van der Waals surface area contributed by atoms with Crippen LogP contribution in [0.1, 0.15) is 54.2 Å². The van der Waals surface area contributed by atoms with Crippen molar-refractivity contribution in [3.63, 3.8) is 0 Å². The largest absolute Gasteiger partial charge is 0.416 e. The number of nitrogens with one attached hydrogen (secondary N) is 1. The average molecular weight is 435 g/mol. The Morgan fingerprint density at radius 2 is 1.24 bits per heavy atom. The number of alkyl halides is 6. The van der Waals surface area contributed by atoms with E-state index in [9.17, 15) is 26.3 Å². The van der Waals surface area contributed by atoms with Gasteiger partial charge in [0.05, 0.1) is 11.1 Å². The van der Waals surface area contributed by atoms with Crippen molar-refractivity contribution in [1.29, 1.82) is 0 Å². The quantitative estimate of drug-likeness (QED) is 0.386. The van der Waals surface area contributed by atoms with E-state index >= 15 is 0 Å². The first kappa shape index (κ1) is 23.4. The number of halogens is 6. The number of rotatable bonds is 3. The first-order valence-electron chi connectivity index (χ1n) is 8.85. The summed E-state index contributed by atoms with van der Waals surface area (Å²) in [4.78, 5) is 0.767. The molecule has 0 aliphatic rings. The summed E-state index contributed by atoms with van der Waals surface area (Å²) in [5, 5.41) is 0. The van der Waals surface area contributed by atoms with Gasteiger partial charge in [0.15, 0.2) is 0 Å². The van der Waals surface area contributed by atoms with Gasteiger partial charge in [-0.3, -0.25) is 0 Å². The molecule has 0 unspecified atom stereocenters. The molecule has 0 aliphatic heterocycles. The summed E-state index contributed by atoms with van der Waals surface area (Å²) in [6, 6.07) is 4.83. The molecule has 0 spiro atoms. The molecule has 0 atom stereocenters. The third-order valence-electron chi connectivity index (χ3n) is 4.63. The summed E-state index contributed by atoms with van der Waals surface area (Å²) in [5.41, 5.74) is -0.309. The van der Waals surface area contributed by atoms with Gasteiger partial charge < -0.3 is 4.72 Å². The molecule has 160 valence electrons. The molecule has 2 rings (SSSR count). The molecule has 0 saturated carbocycles. The number of hydrogen-bond donors (Lipinski definition) is 1. The molecule has 0 aliphatic carbocycles. The Labute approximate surface area is 171 Å². The lowest BCUT2D eigenvalue weighted by atomic mass is 9.85. The van der Waals surface area contributed by atoms with E-state index in [-0.39, 0.29) is 22.7 Å². The van der Waals surface area contributed by atoms with Crippen LogP contribution in [0, 0.1) is 20.8 Å². The maximum absolute atomic E-state index is 13.2. The van der Waals surface area contributed by atoms with Crippen LogP contribution in [0.3, 0.4) is 0 Å². The molecule has 0 radical (unpaired) electrons. The molecule has 0 fully saturated rings. The Bertz CT molecular complexity index is 884. The number of benzene rings is 2. The highest BCUT2D eigenvalue weighted by atomic mass is 32.2. The van der Waals surface area contributed by atoms with Gasteiger partial charge in [0.1, 0.15) is 0 Å². The van der Waals surface area contributed by atoms with Gasteiger partial charge in [-0.05, 0) is 72.5 Å². The molecular weight excluding hydrogens is 412 g/mol. The van der Waals surface area contributed by atoms with Gasteiger partial charge in [0.25, 0.3) is 0 Å². The maximum atomic E-state index is 13.2. The van der Waals surface area contributed by atoms with Gasteiger partial charge in [-0.25, -0.2) is 0 Å². The molecule has 29 heavy (non-hydrogen) atoms. The maximum Gasteiger partial charge on any atom is 0.416 e. The van der Waals surface area contributed by atoms with E-state index in [1.54, 1.807) is 0 Å². The Kier molecular flexibility index (Phi) is 6.29. The van der Waals surface area contributed by atoms with E-state index in [0.717, 1.165) is 40.5 Å². The minimum absolute atomic E-state index is 0.0780. The van der Waals surface area contributed by atoms with Crippen LogP contribution < -0.4 is 4.72 Å². The molecule has 1 nitrogen and oxygen atoms in total. The van der Waals surface area contributed by atoms with Crippen molar-refractivity contribution >= 4 is 17.6 Å². The van der Waals surface area contributed by atoms with Crippen molar-refractivity contribution in [2.45, 2.75) is 64.2 Å². The minimum Gasteiger partial charge on any atom is -0.325 e. The van der Waals surface area contributed by atoms with Crippen molar-refractivity contribution in [3.05, 3.63) is 57.6 Å². The van der Waals surface area contributed by atoms with Crippen molar-refractivity contribution < 1.29 is 26.3 Å². The summed E-state index contributed by atoms with van der Waals surface area (Å²) in [7, 11) is 0. The molecule has 1 N–H and O–H groups in total. The van der Waals surface area contributed by atoms with Crippen molar-refractivity contribution in [1.82, 2.24) is 0 Å². The topological polar surface area (TPSA) is 12.0 Å². The number of anilines is 1. The standard InChI is InChI=1S/C21H23F6NS/c1-11-7-14(19(4,5)6)8-12(2)18(11)29-28-17-10-15(20(22,23)24)9-16(13(17)3)21(25,26)27/h7-10,28H,1-6H3. The highest BCUT2D eigenvalue weighted by Gasteiger charge is 2.38. The van der Waals surface area contributed by atoms with E-state index in [1.807, 2.05) is 26.0 Å². The van der Waals surface area contributed by atoms with Gasteiger partial charge in [-0.15, -0.1) is 0 Å². The van der Waals surface area contributed by atoms with E-state index in [0.29, 0.717) is 6.07 Å². The van der Waals surface area contributed by atoms with Gasteiger partial charge >= 0.3 is 12.4 Å². The van der Waals surface area contributed by atoms with Crippen LogP contribution in [-0.2, 0) is 17.8 Å². The molecule has 2 aromatic rings. The van der Waals surface area contributed by atoms with Crippen LogP contribution in [0.15, 0.2) is 29.2 Å². The predicted molar refractivity (Wildman–Crippen MR) is 105 cm³/mol. The molecule has 0 saturated heterocycles. The van der Waals surface area contributed by atoms with Crippen molar-refractivity contribution in [3.8, 4) is 0 Å². The fraction of sp³-hybridized carbons (Fsp3) is 0.429. The summed E-state index contributed by atoms with van der Waals surface area (Å²) < 4.78 is 81.8. The Morgan fingerprint density at radius 1 is 0.724 bits per heavy atom. The van der Waals surface area contributed by atoms with Gasteiger partial charge in [0, 0.05) is 10.6 Å². The van der Waals surface area contributed by atoms with Crippen LogP contribution in [0.4, 0.5) is 32.0 Å². The molecule has 8 heteroatoms. The van der Waals surface area contributed by atoms with Crippen LogP contribution in [0.5, 0.6) is 0 Å². The van der Waals surface area contributed by atoms with E-state index in [2.05, 4.69) is 25.5 Å². The lowest BCUT2D eigenvalue weighted by molar-refractivity contribution is -0.143. The highest BCUT2D eigenvalue weighted by molar-refractivity contribution is 8.00. The fourth-order valence-electron chi connectivity index (χ4n) is 2.93. The number of aryl methyl sites for hydroxylation is 2. The second-order valence-electron chi connectivity index (χ2n) is 8.09. The fourth-order valence-corrected chi connectivity index (χ4v) is 3.79. The smallest absolute Gasteiger partial charge is 0.325 e. The van der Waals surface area contributed by atoms with Crippen molar-refractivity contribution in [2.75, 3.05) is 4.72 Å². The first-order valence-corrected chi connectivity index (χ1v) is 9.67. The second kappa shape index (κ2) is 7.78. The van der Waals surface area contributed by atoms with E-state index in [4.69, 9.17) is 0 Å². The Hall–Kier alpha value is -1.83. The Balaban J connectivity index is 2.45. The van der Waals surface area contributed by atoms with E-state index in [1.165, 1.54) is 0 Å². The molecule has 0 aromatic heterocycles. The van der Waals surface area contributed by atoms with E-state index < -0.39 is 23.5 Å². The lowest BCUT2D eigenvalue weighted by Crippen LogP contribution is -2.14. The molecule has 2 aromatic carbocycles. The molecule has 0 amide bonds. The monoisotopic (exact) mass is 435 g/mol. The summed E-state index contributed by atoms with van der Waals surface area (Å²) in [6.07, 6.45) is -9.76. The van der Waals surface area contributed by atoms with Crippen molar-refractivity contribution in [2.24, 2.45) is 0 Å². The third kappa shape index (κ3) is 5.41. The highest BCUT2D eigenvalue weighted by Crippen LogP contribution is 2.41. The Morgan fingerprint density at radius 3 is 1.66 bits per heavy atom. The number of hydrogen-bond acceptors (Lipinski definition) is 2. The summed E-state index contributed by atoms with van der Waals surface area (Å²) >= 11 is 1.01. The second-order valence-corrected chi connectivity index (χ2v) is 8.90. The zero-order chi connectivity index (χ0) is 22.4. The summed E-state index contributed by atoms with van der Waals surface area (Å²) in [6.45, 7) is 11.1. The van der Waals surface area contributed by atoms with Crippen LogP contribution in [0.25, 0.3) is 0 Å². The average Bonchev–Trinajstić information content (AvgIpc) is 2.52. The lowest BCUT2D eigenvalue weighted by Gasteiger charge is -2.23. The molecular formula is C21H23F6NS. The minimum atomic E-state index is -4.88. The van der Waals surface area contributed by atoms with Gasteiger partial charge in [0.2, 0.25) is 0 Å². The first-order chi connectivity index (χ1) is 13.0. The molecule has 0 heterocycles. The predicted octanol–water partition coefficient (Wildman–Crippen LogP) is 8.07. The van der Waals surface area contributed by atoms with Gasteiger partial charge in [-0.2, -0.15) is 26.3 Å². The zero-order valence-electron chi connectivity index (χ0n) is 17.0. The molecule has 0 bridgehead atoms. The zero-order valence-corrected chi connectivity index (χ0v) is 17.8. The van der Waals surface area contributed by atoms with Crippen LogP contribution >= 0.6 is 11.9 Å². The van der Waals surface area contributed by atoms with Crippen LogP contribution in [0.2, 0.25) is 0 Å². The van der Waals surface area contributed by atoms with Gasteiger partial charge in [-0.1, -0.05) is 32.9 Å². The third-order valence-corrected chi connectivity index (χ3v) is 5.80. The normalized spacial score (nSPS) is 13.0. The summed E-state index contributed by atoms with van der Waals surface area (Å²) in [5.74, 6) is 0.